The molecule has 0 saturated heterocycles. The topological polar surface area (TPSA) is 44.2 Å². The van der Waals surface area contributed by atoms with Gasteiger partial charge in [0.05, 0.1) is 6.61 Å². The highest BCUT2D eigenvalue weighted by Gasteiger charge is 2.23. The van der Waals surface area contributed by atoms with Crippen molar-refractivity contribution < 1.29 is 9.16 Å². The molecule has 1 radical (unpaired) electrons. The molecule has 0 bridgehead atoms. The number of hydrogen-bond acceptors (Lipinski definition) is 5. The van der Waals surface area contributed by atoms with E-state index >= 15 is 0 Å². The maximum atomic E-state index is 6.00. The Kier molecular flexibility index (Phi) is 5.12. The van der Waals surface area contributed by atoms with Crippen molar-refractivity contribution in [3.63, 3.8) is 0 Å². The van der Waals surface area contributed by atoms with Gasteiger partial charge in [0.2, 0.25) is 5.88 Å². The summed E-state index contributed by atoms with van der Waals surface area (Å²) in [7, 11) is -1.55. The van der Waals surface area contributed by atoms with Gasteiger partial charge in [-0.1, -0.05) is 25.2 Å². The van der Waals surface area contributed by atoms with Gasteiger partial charge in [0, 0.05) is 6.07 Å². The van der Waals surface area contributed by atoms with Crippen molar-refractivity contribution in [2.24, 2.45) is 5.92 Å². The van der Waals surface area contributed by atoms with Crippen LogP contribution in [0.4, 0.5) is 0 Å². The number of hydrogen-bond donors (Lipinski definition) is 0. The summed E-state index contributed by atoms with van der Waals surface area (Å²) < 4.78 is 11.6. The highest BCUT2D eigenvalue weighted by Crippen LogP contribution is 2.19. The molecular weight excluding hydrogens is 288 g/mol. The van der Waals surface area contributed by atoms with Crippen LogP contribution in [0.5, 0.6) is 5.88 Å². The lowest BCUT2D eigenvalue weighted by Crippen LogP contribution is -2.33. The lowest BCUT2D eigenvalue weighted by molar-refractivity contribution is 0.205. The first-order valence-electron chi connectivity index (χ1n) is 6.87. The minimum Gasteiger partial charge on any atom is -0.475 e. The largest absolute Gasteiger partial charge is 0.475 e. The smallest absolute Gasteiger partial charge is 0.214 e. The Balaban J connectivity index is 1.78. The molecule has 2 aromatic heterocycles. The summed E-state index contributed by atoms with van der Waals surface area (Å²) in [6, 6.07) is 4.92. The first kappa shape index (κ1) is 15.4. The minimum atomic E-state index is -1.55. The van der Waals surface area contributed by atoms with Crippen molar-refractivity contribution in [2.45, 2.75) is 33.0 Å². The molecule has 0 aliphatic rings. The molecule has 0 aliphatic carbocycles. The van der Waals surface area contributed by atoms with Crippen LogP contribution in [0.25, 0.3) is 10.3 Å². The molecule has 2 aromatic rings. The number of pyridine rings is 1. The SMILES string of the molecule is CC(C)C[Si](C)(C)OCCOc1ccc2n[c]sc2n1. The van der Waals surface area contributed by atoms with Crippen LogP contribution in [-0.4, -0.2) is 31.5 Å². The zero-order chi connectivity index (χ0) is 14.6. The van der Waals surface area contributed by atoms with Crippen molar-refractivity contribution in [1.29, 1.82) is 0 Å². The summed E-state index contributed by atoms with van der Waals surface area (Å²) in [6.07, 6.45) is 0. The second kappa shape index (κ2) is 6.65. The summed E-state index contributed by atoms with van der Waals surface area (Å²) in [6.45, 7) is 10.1. The van der Waals surface area contributed by atoms with E-state index in [1.807, 2.05) is 12.1 Å². The molecule has 109 valence electrons. The monoisotopic (exact) mass is 309 g/mol. The zero-order valence-corrected chi connectivity index (χ0v) is 14.3. The van der Waals surface area contributed by atoms with E-state index < -0.39 is 8.32 Å². The van der Waals surface area contributed by atoms with Crippen LogP contribution >= 0.6 is 11.3 Å². The van der Waals surface area contributed by atoms with Gasteiger partial charge >= 0.3 is 0 Å². The Morgan fingerprint density at radius 3 is 2.85 bits per heavy atom. The van der Waals surface area contributed by atoms with E-state index in [-0.39, 0.29) is 0 Å². The van der Waals surface area contributed by atoms with Gasteiger partial charge in [0.1, 0.15) is 17.0 Å². The second-order valence-corrected chi connectivity index (χ2v) is 10.8. The third-order valence-electron chi connectivity index (χ3n) is 2.85. The summed E-state index contributed by atoms with van der Waals surface area (Å²) >= 11 is 1.40. The quantitative estimate of drug-likeness (QED) is 0.577. The predicted molar refractivity (Wildman–Crippen MR) is 84.8 cm³/mol. The number of fused-ring (bicyclic) bond motifs is 1. The first-order valence-corrected chi connectivity index (χ1v) is 10.8. The normalized spacial score (nSPS) is 12.2. The lowest BCUT2D eigenvalue weighted by atomic mass is 10.3. The molecule has 0 N–H and O–H groups in total. The van der Waals surface area contributed by atoms with E-state index in [4.69, 9.17) is 9.16 Å². The molecule has 0 amide bonds. The van der Waals surface area contributed by atoms with Crippen molar-refractivity contribution in [1.82, 2.24) is 9.97 Å². The summed E-state index contributed by atoms with van der Waals surface area (Å²) in [5.41, 5.74) is 3.69. The van der Waals surface area contributed by atoms with Crippen LogP contribution in [0.3, 0.4) is 0 Å². The van der Waals surface area contributed by atoms with Gasteiger partial charge in [-0.05, 0) is 31.1 Å². The third kappa shape index (κ3) is 4.54. The molecule has 0 fully saturated rings. The fourth-order valence-electron chi connectivity index (χ4n) is 2.28. The summed E-state index contributed by atoms with van der Waals surface area (Å²) in [4.78, 5) is 9.31. The van der Waals surface area contributed by atoms with Gasteiger partial charge in [-0.2, -0.15) is 0 Å². The molecule has 0 unspecified atom stereocenters. The maximum absolute atomic E-state index is 6.00. The van der Waals surface area contributed by atoms with E-state index in [0.717, 1.165) is 10.3 Å². The highest BCUT2D eigenvalue weighted by atomic mass is 32.1. The molecule has 2 rings (SSSR count). The van der Waals surface area contributed by atoms with Gasteiger partial charge in [-0.15, -0.1) is 0 Å². The summed E-state index contributed by atoms with van der Waals surface area (Å²) in [5.74, 6) is 1.31. The molecule has 0 atom stereocenters. The molecule has 2 heterocycles. The van der Waals surface area contributed by atoms with Crippen LogP contribution in [0.1, 0.15) is 13.8 Å². The standard InChI is InChI=1S/C14H21N2O2SSi/c1-11(2)9-20(3,4)18-8-7-17-13-6-5-12-14(16-13)19-10-15-12/h5-6,11H,7-9H2,1-4H3. The number of rotatable bonds is 7. The van der Waals surface area contributed by atoms with Crippen LogP contribution in [0, 0.1) is 11.4 Å². The van der Waals surface area contributed by atoms with Crippen LogP contribution < -0.4 is 4.74 Å². The van der Waals surface area contributed by atoms with Gasteiger partial charge < -0.3 is 9.16 Å². The highest BCUT2D eigenvalue weighted by molar-refractivity contribution is 7.15. The van der Waals surface area contributed by atoms with E-state index in [1.54, 1.807) is 0 Å². The number of nitrogens with zero attached hydrogens (tertiary/aromatic N) is 2. The lowest BCUT2D eigenvalue weighted by Gasteiger charge is -2.24. The van der Waals surface area contributed by atoms with Gasteiger partial charge in [-0.25, -0.2) is 9.97 Å². The Morgan fingerprint density at radius 1 is 1.30 bits per heavy atom. The fourth-order valence-corrected chi connectivity index (χ4v) is 5.58. The Morgan fingerprint density at radius 2 is 2.10 bits per heavy atom. The minimum absolute atomic E-state index is 0.537. The van der Waals surface area contributed by atoms with Crippen LogP contribution in [0.15, 0.2) is 12.1 Å². The van der Waals surface area contributed by atoms with E-state index in [0.29, 0.717) is 25.0 Å². The zero-order valence-electron chi connectivity index (χ0n) is 12.5. The fraction of sp³-hybridized carbons (Fsp3) is 0.571. The Labute approximate surface area is 125 Å². The molecule has 0 aliphatic heterocycles. The van der Waals surface area contributed by atoms with Crippen molar-refractivity contribution in [2.75, 3.05) is 13.2 Å². The van der Waals surface area contributed by atoms with Crippen molar-refractivity contribution >= 4 is 30.0 Å². The predicted octanol–water partition coefficient (Wildman–Crippen LogP) is 3.75. The third-order valence-corrected chi connectivity index (χ3v) is 6.31. The average molecular weight is 309 g/mol. The van der Waals surface area contributed by atoms with Gasteiger partial charge in [0.15, 0.2) is 13.8 Å². The van der Waals surface area contributed by atoms with E-state index in [1.165, 1.54) is 17.4 Å². The van der Waals surface area contributed by atoms with Gasteiger partial charge in [-0.3, -0.25) is 0 Å². The molecule has 0 saturated carbocycles. The van der Waals surface area contributed by atoms with Crippen molar-refractivity contribution in [3.8, 4) is 5.88 Å². The second-order valence-electron chi connectivity index (χ2n) is 5.83. The summed E-state index contributed by atoms with van der Waals surface area (Å²) in [5, 5.41) is 0. The van der Waals surface area contributed by atoms with E-state index in [2.05, 4.69) is 42.4 Å². The van der Waals surface area contributed by atoms with Gasteiger partial charge in [0.25, 0.3) is 0 Å². The first-order chi connectivity index (χ1) is 9.46. The number of thiazole rings is 1. The Hall–Kier alpha value is -0.983. The number of ether oxygens (including phenoxy) is 1. The molecule has 20 heavy (non-hydrogen) atoms. The van der Waals surface area contributed by atoms with Crippen LogP contribution in [0.2, 0.25) is 19.1 Å². The molecule has 0 aromatic carbocycles. The Bertz CT molecular complexity index is 557. The van der Waals surface area contributed by atoms with Crippen LogP contribution in [-0.2, 0) is 4.43 Å². The average Bonchev–Trinajstić information content (AvgIpc) is 2.80. The molecule has 0 spiro atoms. The maximum Gasteiger partial charge on any atom is 0.214 e. The number of aromatic nitrogens is 2. The van der Waals surface area contributed by atoms with E-state index in [9.17, 15) is 0 Å². The van der Waals surface area contributed by atoms with Crippen molar-refractivity contribution in [3.05, 3.63) is 17.6 Å². The molecule has 6 heteroatoms. The molecule has 4 nitrogen and oxygen atoms in total. The molecular formula is C14H21N2O2SSi.